The minimum Gasteiger partial charge on any atom is -0.477 e. The van der Waals surface area contributed by atoms with Crippen LogP contribution in [0.3, 0.4) is 0 Å². The van der Waals surface area contributed by atoms with Crippen molar-refractivity contribution in [1.82, 2.24) is 15.3 Å². The van der Waals surface area contributed by atoms with Crippen LogP contribution >= 0.6 is 11.3 Å². The van der Waals surface area contributed by atoms with Crippen LogP contribution in [0.1, 0.15) is 52.3 Å². The summed E-state index contributed by atoms with van der Waals surface area (Å²) in [6, 6.07) is 2.76. The molecule has 0 unspecified atom stereocenters. The third kappa shape index (κ3) is 4.59. The summed E-state index contributed by atoms with van der Waals surface area (Å²) in [5, 5.41) is 14.6. The Bertz CT molecular complexity index is 702. The molecule has 0 bridgehead atoms. The number of carbonyl (C=O) groups is 2. The van der Waals surface area contributed by atoms with E-state index < -0.39 is 5.97 Å². The molecule has 2 N–H and O–H groups in total. The number of carboxylic acid groups (broad SMARTS) is 1. The van der Waals surface area contributed by atoms with E-state index in [1.54, 1.807) is 11.3 Å². The fourth-order valence-corrected chi connectivity index (χ4v) is 2.83. The second kappa shape index (κ2) is 6.87. The van der Waals surface area contributed by atoms with E-state index in [4.69, 9.17) is 5.11 Å². The summed E-state index contributed by atoms with van der Waals surface area (Å²) in [5.41, 5.74) is 1.33. The molecule has 2 aromatic rings. The van der Waals surface area contributed by atoms with Crippen LogP contribution < -0.4 is 5.32 Å². The second-order valence-corrected chi connectivity index (χ2v) is 7.06. The van der Waals surface area contributed by atoms with E-state index in [2.05, 4.69) is 36.1 Å². The zero-order chi connectivity index (χ0) is 17.0. The predicted molar refractivity (Wildman–Crippen MR) is 88.0 cm³/mol. The van der Waals surface area contributed by atoms with E-state index in [-0.39, 0.29) is 17.0 Å². The number of amides is 1. The van der Waals surface area contributed by atoms with Crippen molar-refractivity contribution in [3.63, 3.8) is 0 Å². The fraction of sp³-hybridized carbons (Fsp3) is 0.375. The van der Waals surface area contributed by atoms with E-state index in [1.165, 1.54) is 18.3 Å². The van der Waals surface area contributed by atoms with Gasteiger partial charge in [0.25, 0.3) is 5.91 Å². The smallest absolute Gasteiger partial charge is 0.354 e. The molecule has 2 heterocycles. The molecular weight excluding hydrogens is 314 g/mol. The molecule has 0 spiro atoms. The third-order valence-electron chi connectivity index (χ3n) is 3.19. The summed E-state index contributed by atoms with van der Waals surface area (Å²) < 4.78 is 0. The highest BCUT2D eigenvalue weighted by atomic mass is 32.1. The van der Waals surface area contributed by atoms with Crippen molar-refractivity contribution in [2.24, 2.45) is 0 Å². The maximum atomic E-state index is 12.0. The van der Waals surface area contributed by atoms with E-state index >= 15 is 0 Å². The molecule has 0 aliphatic rings. The molecule has 0 aromatic carbocycles. The third-order valence-corrected chi connectivity index (χ3v) is 4.10. The Labute approximate surface area is 138 Å². The number of aromatic nitrogens is 2. The van der Waals surface area contributed by atoms with Gasteiger partial charge in [0, 0.05) is 30.0 Å². The fourth-order valence-electron chi connectivity index (χ4n) is 1.81. The van der Waals surface area contributed by atoms with Crippen molar-refractivity contribution >= 4 is 23.2 Å². The maximum absolute atomic E-state index is 12.0. The van der Waals surface area contributed by atoms with Gasteiger partial charge in [-0.2, -0.15) is 0 Å². The molecule has 7 heteroatoms. The molecule has 2 rings (SSSR count). The van der Waals surface area contributed by atoms with Crippen LogP contribution in [0.5, 0.6) is 0 Å². The standard InChI is InChI=1S/C16H19N3O3S/c1-16(2,3)12-9-23-13(19-12)6-7-17-14(20)10-4-5-11(15(21)22)18-8-10/h4-5,8-9H,6-7H2,1-3H3,(H,17,20)(H,21,22). The molecule has 0 fully saturated rings. The Balaban J connectivity index is 1.87. The maximum Gasteiger partial charge on any atom is 0.354 e. The monoisotopic (exact) mass is 333 g/mol. The van der Waals surface area contributed by atoms with Gasteiger partial charge in [-0.25, -0.2) is 14.8 Å². The highest BCUT2D eigenvalue weighted by Crippen LogP contribution is 2.23. The first-order chi connectivity index (χ1) is 10.8. The van der Waals surface area contributed by atoms with Gasteiger partial charge in [0.1, 0.15) is 5.69 Å². The molecule has 0 radical (unpaired) electrons. The Morgan fingerprint density at radius 2 is 2.04 bits per heavy atom. The van der Waals surface area contributed by atoms with Crippen LogP contribution in [0.15, 0.2) is 23.7 Å². The molecule has 0 atom stereocenters. The molecule has 2 aromatic heterocycles. The Kier molecular flexibility index (Phi) is 5.10. The van der Waals surface area contributed by atoms with Gasteiger partial charge >= 0.3 is 5.97 Å². The van der Waals surface area contributed by atoms with E-state index in [1.807, 2.05) is 5.38 Å². The number of nitrogens with one attached hydrogen (secondary N) is 1. The summed E-state index contributed by atoms with van der Waals surface area (Å²) in [5.74, 6) is -1.39. The van der Waals surface area contributed by atoms with Crippen LogP contribution in [-0.4, -0.2) is 33.5 Å². The number of rotatable bonds is 5. The van der Waals surface area contributed by atoms with Crippen LogP contribution in [0.2, 0.25) is 0 Å². The van der Waals surface area contributed by atoms with Gasteiger partial charge in [0.05, 0.1) is 16.3 Å². The Hall–Kier alpha value is -2.28. The highest BCUT2D eigenvalue weighted by Gasteiger charge is 2.17. The number of hydrogen-bond donors (Lipinski definition) is 2. The van der Waals surface area contributed by atoms with Crippen LogP contribution in [0.4, 0.5) is 0 Å². The molecule has 23 heavy (non-hydrogen) atoms. The number of aromatic carboxylic acids is 1. The zero-order valence-corrected chi connectivity index (χ0v) is 14.1. The van der Waals surface area contributed by atoms with Crippen molar-refractivity contribution in [3.05, 3.63) is 45.7 Å². The summed E-state index contributed by atoms with van der Waals surface area (Å²) >= 11 is 1.59. The number of carbonyl (C=O) groups excluding carboxylic acids is 1. The average molecular weight is 333 g/mol. The van der Waals surface area contributed by atoms with Crippen LogP contribution in [-0.2, 0) is 11.8 Å². The van der Waals surface area contributed by atoms with Gasteiger partial charge in [-0.05, 0) is 12.1 Å². The number of thiazole rings is 1. The summed E-state index contributed by atoms with van der Waals surface area (Å²) in [4.78, 5) is 31.0. The Morgan fingerprint density at radius 3 is 2.57 bits per heavy atom. The van der Waals surface area contributed by atoms with Crippen LogP contribution in [0, 0.1) is 0 Å². The van der Waals surface area contributed by atoms with Gasteiger partial charge in [-0.3, -0.25) is 4.79 Å². The van der Waals surface area contributed by atoms with Gasteiger partial charge < -0.3 is 10.4 Å². The largest absolute Gasteiger partial charge is 0.477 e. The first kappa shape index (κ1) is 17.1. The lowest BCUT2D eigenvalue weighted by Gasteiger charge is -2.14. The predicted octanol–water partition coefficient (Wildman–Crippen LogP) is 2.51. The lowest BCUT2D eigenvalue weighted by Crippen LogP contribution is -2.26. The second-order valence-electron chi connectivity index (χ2n) is 6.12. The highest BCUT2D eigenvalue weighted by molar-refractivity contribution is 7.09. The zero-order valence-electron chi connectivity index (χ0n) is 13.3. The number of carboxylic acids is 1. The van der Waals surface area contributed by atoms with Crippen molar-refractivity contribution in [2.45, 2.75) is 32.6 Å². The van der Waals surface area contributed by atoms with Crippen molar-refractivity contribution in [2.75, 3.05) is 6.54 Å². The number of nitrogens with zero attached hydrogens (tertiary/aromatic N) is 2. The minimum absolute atomic E-state index is 0.0234. The lowest BCUT2D eigenvalue weighted by molar-refractivity contribution is 0.0689. The summed E-state index contributed by atoms with van der Waals surface area (Å²) in [7, 11) is 0. The molecule has 6 nitrogen and oxygen atoms in total. The topological polar surface area (TPSA) is 92.2 Å². The van der Waals surface area contributed by atoms with Crippen molar-refractivity contribution in [1.29, 1.82) is 0 Å². The first-order valence-corrected chi connectivity index (χ1v) is 8.08. The van der Waals surface area contributed by atoms with Crippen molar-refractivity contribution in [3.8, 4) is 0 Å². The summed E-state index contributed by atoms with van der Waals surface area (Å²) in [6.07, 6.45) is 1.92. The summed E-state index contributed by atoms with van der Waals surface area (Å²) in [6.45, 7) is 6.81. The molecule has 0 saturated heterocycles. The molecule has 0 aliphatic heterocycles. The quantitative estimate of drug-likeness (QED) is 0.877. The molecule has 0 aliphatic carbocycles. The first-order valence-electron chi connectivity index (χ1n) is 7.20. The minimum atomic E-state index is -1.12. The molecule has 0 saturated carbocycles. The average Bonchev–Trinajstić information content (AvgIpc) is 2.96. The van der Waals surface area contributed by atoms with E-state index in [0.717, 1.165) is 10.7 Å². The Morgan fingerprint density at radius 1 is 1.30 bits per heavy atom. The van der Waals surface area contributed by atoms with E-state index in [9.17, 15) is 9.59 Å². The normalized spacial score (nSPS) is 11.3. The van der Waals surface area contributed by atoms with Crippen molar-refractivity contribution < 1.29 is 14.7 Å². The SMILES string of the molecule is CC(C)(C)c1csc(CCNC(=O)c2ccc(C(=O)O)nc2)n1. The number of hydrogen-bond acceptors (Lipinski definition) is 5. The van der Waals surface area contributed by atoms with Crippen LogP contribution in [0.25, 0.3) is 0 Å². The van der Waals surface area contributed by atoms with Gasteiger partial charge in [0.15, 0.2) is 0 Å². The lowest BCUT2D eigenvalue weighted by atomic mass is 9.93. The van der Waals surface area contributed by atoms with E-state index in [0.29, 0.717) is 18.5 Å². The molecule has 122 valence electrons. The van der Waals surface area contributed by atoms with Gasteiger partial charge in [-0.1, -0.05) is 20.8 Å². The molecular formula is C16H19N3O3S. The van der Waals surface area contributed by atoms with Gasteiger partial charge in [-0.15, -0.1) is 11.3 Å². The molecule has 1 amide bonds. The number of pyridine rings is 1. The van der Waals surface area contributed by atoms with Gasteiger partial charge in [0.2, 0.25) is 0 Å².